The second kappa shape index (κ2) is 12.4. The maximum absolute atomic E-state index is 10.6. The lowest BCUT2D eigenvalue weighted by Crippen LogP contribution is -2.50. The largest absolute Gasteiger partial charge is 0.490 e. The molecule has 2 aliphatic heterocycles. The van der Waals surface area contributed by atoms with E-state index >= 15 is 0 Å². The number of carboxylic acids is 2. The van der Waals surface area contributed by atoms with Gasteiger partial charge in [0.25, 0.3) is 0 Å². The van der Waals surface area contributed by atoms with Gasteiger partial charge in [0.15, 0.2) is 0 Å². The molecule has 4 rings (SSSR count). The molecule has 0 saturated carbocycles. The minimum atomic E-state index is -5.08. The van der Waals surface area contributed by atoms with Gasteiger partial charge in [0.1, 0.15) is 11.5 Å². The lowest BCUT2D eigenvalue weighted by molar-refractivity contribution is -0.193. The van der Waals surface area contributed by atoms with Crippen LogP contribution in [-0.2, 0) is 27.4 Å². The maximum atomic E-state index is 10.6. The molecule has 37 heavy (non-hydrogen) atoms. The number of fused-ring (bicyclic) bond motifs is 1. The Bertz CT molecular complexity index is 979. The molecule has 208 valence electrons. The van der Waals surface area contributed by atoms with E-state index in [1.54, 1.807) is 6.26 Å². The Kier molecular flexibility index (Phi) is 10.1. The van der Waals surface area contributed by atoms with Crippen molar-refractivity contribution in [2.75, 3.05) is 26.2 Å². The van der Waals surface area contributed by atoms with Gasteiger partial charge >= 0.3 is 24.3 Å². The predicted octanol–water partition coefficient (Wildman–Crippen LogP) is 3.24. The molecule has 0 aliphatic carbocycles. The standard InChI is InChI=1S/C17H23N3O3.2C2HF3O2/c1-12-15(13(2)23-18-12)9-20-5-7-22-17-11-19(10-16(17)20)8-14-4-3-6-21-14;2*3-2(4,5)1(6)7/h3-4,6,16-17H,5,7-11H2,1-2H3;2*(H,6,7)/t16-,17+;;/m1../s1. The monoisotopic (exact) mass is 545 g/mol. The van der Waals surface area contributed by atoms with E-state index in [9.17, 15) is 26.3 Å². The first-order valence-corrected chi connectivity index (χ1v) is 10.7. The number of hydrogen-bond donors (Lipinski definition) is 2. The third kappa shape index (κ3) is 9.05. The third-order valence-electron chi connectivity index (χ3n) is 5.48. The van der Waals surface area contributed by atoms with Crippen molar-refractivity contribution in [3.63, 3.8) is 0 Å². The van der Waals surface area contributed by atoms with Crippen molar-refractivity contribution in [3.05, 3.63) is 41.2 Å². The van der Waals surface area contributed by atoms with E-state index in [0.29, 0.717) is 6.04 Å². The summed E-state index contributed by atoms with van der Waals surface area (Å²) in [6.45, 7) is 9.46. The van der Waals surface area contributed by atoms with Crippen LogP contribution in [0.4, 0.5) is 26.3 Å². The number of nitrogens with zero attached hydrogens (tertiary/aromatic N) is 3. The molecule has 2 aromatic rings. The second-order valence-electron chi connectivity index (χ2n) is 8.13. The molecule has 2 aromatic heterocycles. The summed E-state index contributed by atoms with van der Waals surface area (Å²) in [6, 6.07) is 4.40. The number of ether oxygens (including phenoxy) is 1. The molecule has 2 atom stereocenters. The SMILES string of the molecule is Cc1noc(C)c1CN1CCO[C@H]2CN(Cc3ccco3)C[C@H]21.O=C(O)C(F)(F)F.O=C(O)C(F)(F)F. The van der Waals surface area contributed by atoms with Crippen molar-refractivity contribution in [2.45, 2.75) is 51.4 Å². The van der Waals surface area contributed by atoms with Crippen LogP contribution in [0.2, 0.25) is 0 Å². The van der Waals surface area contributed by atoms with Crippen molar-refractivity contribution in [3.8, 4) is 0 Å². The van der Waals surface area contributed by atoms with Crippen LogP contribution in [0.15, 0.2) is 27.3 Å². The fourth-order valence-corrected chi connectivity index (χ4v) is 3.71. The second-order valence-corrected chi connectivity index (χ2v) is 8.13. The van der Waals surface area contributed by atoms with E-state index < -0.39 is 24.3 Å². The number of alkyl halides is 6. The highest BCUT2D eigenvalue weighted by Crippen LogP contribution is 2.27. The number of rotatable bonds is 4. The van der Waals surface area contributed by atoms with Crippen LogP contribution in [0.1, 0.15) is 22.8 Å². The number of morpholine rings is 1. The highest BCUT2D eigenvalue weighted by molar-refractivity contribution is 5.73. The van der Waals surface area contributed by atoms with Crippen LogP contribution in [0.25, 0.3) is 0 Å². The van der Waals surface area contributed by atoms with E-state index in [-0.39, 0.29) is 6.10 Å². The Balaban J connectivity index is 0.000000286. The molecule has 4 heterocycles. The topological polar surface area (TPSA) is 129 Å². The van der Waals surface area contributed by atoms with Crippen LogP contribution in [-0.4, -0.2) is 87.8 Å². The highest BCUT2D eigenvalue weighted by Gasteiger charge is 2.41. The third-order valence-corrected chi connectivity index (χ3v) is 5.48. The number of hydrogen-bond acceptors (Lipinski definition) is 8. The predicted molar refractivity (Wildman–Crippen MR) is 111 cm³/mol. The number of furan rings is 1. The lowest BCUT2D eigenvalue weighted by atomic mass is 10.1. The van der Waals surface area contributed by atoms with E-state index in [0.717, 1.165) is 56.5 Å². The summed E-state index contributed by atoms with van der Waals surface area (Å²) in [7, 11) is 0. The summed E-state index contributed by atoms with van der Waals surface area (Å²) in [5.41, 5.74) is 2.21. The Labute approximate surface area is 206 Å². The fraction of sp³-hybridized carbons (Fsp3) is 0.571. The lowest BCUT2D eigenvalue weighted by Gasteiger charge is -2.36. The number of halogens is 6. The molecule has 0 bridgehead atoms. The van der Waals surface area contributed by atoms with Gasteiger partial charge in [-0.3, -0.25) is 9.80 Å². The number of aryl methyl sites for hydroxylation is 2. The summed E-state index contributed by atoms with van der Waals surface area (Å²) < 4.78 is 80.3. The van der Waals surface area contributed by atoms with Gasteiger partial charge in [-0.05, 0) is 26.0 Å². The molecular formula is C21H25F6N3O7. The Morgan fingerprint density at radius 2 is 1.65 bits per heavy atom. The van der Waals surface area contributed by atoms with E-state index in [2.05, 4.69) is 15.0 Å². The van der Waals surface area contributed by atoms with E-state index in [1.807, 2.05) is 26.0 Å². The summed E-state index contributed by atoms with van der Waals surface area (Å²) in [5, 5.41) is 18.3. The van der Waals surface area contributed by atoms with Crippen LogP contribution in [0, 0.1) is 13.8 Å². The molecule has 0 radical (unpaired) electrons. The molecule has 16 heteroatoms. The highest BCUT2D eigenvalue weighted by atomic mass is 19.4. The molecule has 2 saturated heterocycles. The minimum Gasteiger partial charge on any atom is -0.475 e. The number of carboxylic acid groups (broad SMARTS) is 2. The zero-order valence-electron chi connectivity index (χ0n) is 19.7. The van der Waals surface area contributed by atoms with E-state index in [4.69, 9.17) is 33.5 Å². The summed E-state index contributed by atoms with van der Waals surface area (Å²) in [5.74, 6) is -3.57. The number of carbonyl (C=O) groups is 2. The minimum absolute atomic E-state index is 0.277. The first-order valence-electron chi connectivity index (χ1n) is 10.7. The van der Waals surface area contributed by atoms with Crippen molar-refractivity contribution >= 4 is 11.9 Å². The smallest absolute Gasteiger partial charge is 0.475 e. The van der Waals surface area contributed by atoms with Gasteiger partial charge in [-0.1, -0.05) is 5.16 Å². The maximum Gasteiger partial charge on any atom is 0.490 e. The molecule has 2 fully saturated rings. The molecule has 0 amide bonds. The van der Waals surface area contributed by atoms with Gasteiger partial charge in [-0.15, -0.1) is 0 Å². The summed E-state index contributed by atoms with van der Waals surface area (Å²) in [6.07, 6.45) is -8.15. The number of aliphatic carboxylic acids is 2. The number of likely N-dealkylation sites (tertiary alicyclic amines) is 1. The zero-order chi connectivity index (χ0) is 28.0. The Morgan fingerprint density at radius 3 is 2.11 bits per heavy atom. The number of aromatic nitrogens is 1. The van der Waals surface area contributed by atoms with Crippen LogP contribution >= 0.6 is 0 Å². The van der Waals surface area contributed by atoms with Gasteiger partial charge < -0.3 is 23.9 Å². The van der Waals surface area contributed by atoms with Crippen molar-refractivity contribution in [2.24, 2.45) is 0 Å². The van der Waals surface area contributed by atoms with Crippen molar-refractivity contribution < 1.29 is 59.8 Å². The van der Waals surface area contributed by atoms with Crippen LogP contribution in [0.3, 0.4) is 0 Å². The molecule has 10 nitrogen and oxygen atoms in total. The van der Waals surface area contributed by atoms with Gasteiger partial charge in [0, 0.05) is 31.7 Å². The molecule has 0 spiro atoms. The zero-order valence-corrected chi connectivity index (χ0v) is 19.7. The van der Waals surface area contributed by atoms with Gasteiger partial charge in [-0.25, -0.2) is 9.59 Å². The van der Waals surface area contributed by atoms with Crippen LogP contribution < -0.4 is 0 Å². The van der Waals surface area contributed by atoms with E-state index in [1.165, 1.54) is 5.56 Å². The summed E-state index contributed by atoms with van der Waals surface area (Å²) in [4.78, 5) is 22.7. The molecule has 2 aliphatic rings. The quantitative estimate of drug-likeness (QED) is 0.553. The van der Waals surface area contributed by atoms with Crippen LogP contribution in [0.5, 0.6) is 0 Å². The fourth-order valence-electron chi connectivity index (χ4n) is 3.71. The average molecular weight is 545 g/mol. The molecular weight excluding hydrogens is 520 g/mol. The Morgan fingerprint density at radius 1 is 1.05 bits per heavy atom. The average Bonchev–Trinajstić information content (AvgIpc) is 3.51. The van der Waals surface area contributed by atoms with Crippen molar-refractivity contribution in [1.29, 1.82) is 0 Å². The first kappa shape index (κ1) is 30.1. The van der Waals surface area contributed by atoms with Gasteiger partial charge in [0.2, 0.25) is 0 Å². The normalized spacial score (nSPS) is 20.3. The first-order chi connectivity index (χ1) is 17.1. The molecule has 0 aromatic carbocycles. The molecule has 0 unspecified atom stereocenters. The van der Waals surface area contributed by atoms with Crippen molar-refractivity contribution in [1.82, 2.24) is 15.0 Å². The van der Waals surface area contributed by atoms with Gasteiger partial charge in [0.05, 0.1) is 37.3 Å². The molecule has 2 N–H and O–H groups in total. The summed E-state index contributed by atoms with van der Waals surface area (Å²) >= 11 is 0. The Hall–Kier alpha value is -3.11. The van der Waals surface area contributed by atoms with Gasteiger partial charge in [-0.2, -0.15) is 26.3 Å².